The van der Waals surface area contributed by atoms with E-state index in [1.807, 2.05) is 32.4 Å². The first-order valence-electron chi connectivity index (χ1n) is 7.38. The van der Waals surface area contributed by atoms with Crippen LogP contribution >= 0.6 is 0 Å². The molecule has 2 heterocycles. The van der Waals surface area contributed by atoms with Crippen LogP contribution in [0.2, 0.25) is 0 Å². The fourth-order valence-electron chi connectivity index (χ4n) is 2.64. The zero-order chi connectivity index (χ0) is 16.5. The standard InChI is InChI=1S/C15H23N3O4/c1-10-7-12(16-18(10)15(2,3)4)14(21)17-5-6-22-11(9-17)8-13(19)20/h7,11H,5-6,8-9H2,1-4H3,(H,19,20)/t11-/m0/s1. The second-order valence-electron chi connectivity index (χ2n) is 6.60. The highest BCUT2D eigenvalue weighted by Gasteiger charge is 2.29. The first-order valence-corrected chi connectivity index (χ1v) is 7.38. The number of aliphatic carboxylic acids is 1. The average molecular weight is 309 g/mol. The van der Waals surface area contributed by atoms with Crippen LogP contribution in [0.4, 0.5) is 0 Å². The lowest BCUT2D eigenvalue weighted by Gasteiger charge is -2.31. The summed E-state index contributed by atoms with van der Waals surface area (Å²) in [7, 11) is 0. The zero-order valence-corrected chi connectivity index (χ0v) is 13.5. The number of morpholine rings is 1. The number of aryl methyl sites for hydroxylation is 1. The van der Waals surface area contributed by atoms with E-state index >= 15 is 0 Å². The Hall–Kier alpha value is -1.89. The summed E-state index contributed by atoms with van der Waals surface area (Å²) in [6.07, 6.45) is -0.555. The monoisotopic (exact) mass is 309 g/mol. The normalized spacial score (nSPS) is 19.3. The van der Waals surface area contributed by atoms with Gasteiger partial charge in [-0.25, -0.2) is 0 Å². The number of carboxylic acids is 1. The predicted molar refractivity (Wildman–Crippen MR) is 79.9 cm³/mol. The second-order valence-corrected chi connectivity index (χ2v) is 6.60. The minimum absolute atomic E-state index is 0.0980. The Kier molecular flexibility index (Phi) is 4.55. The molecule has 1 aromatic rings. The highest BCUT2D eigenvalue weighted by atomic mass is 16.5. The smallest absolute Gasteiger partial charge is 0.306 e. The van der Waals surface area contributed by atoms with Gasteiger partial charge in [-0.15, -0.1) is 0 Å². The third-order valence-corrected chi connectivity index (χ3v) is 3.57. The summed E-state index contributed by atoms with van der Waals surface area (Å²) in [5.74, 6) is -1.10. The van der Waals surface area contributed by atoms with Crippen molar-refractivity contribution >= 4 is 11.9 Å². The number of aromatic nitrogens is 2. The summed E-state index contributed by atoms with van der Waals surface area (Å²) in [4.78, 5) is 25.0. The summed E-state index contributed by atoms with van der Waals surface area (Å²) < 4.78 is 7.22. The van der Waals surface area contributed by atoms with Gasteiger partial charge in [0.25, 0.3) is 5.91 Å². The summed E-state index contributed by atoms with van der Waals surface area (Å²) in [5, 5.41) is 13.2. The fraction of sp³-hybridized carbons (Fsp3) is 0.667. The molecular weight excluding hydrogens is 286 g/mol. The third kappa shape index (κ3) is 3.65. The minimum atomic E-state index is -0.924. The number of carbonyl (C=O) groups is 2. The molecule has 1 saturated heterocycles. The quantitative estimate of drug-likeness (QED) is 0.908. The van der Waals surface area contributed by atoms with Gasteiger partial charge in [-0.1, -0.05) is 0 Å². The number of hydrogen-bond acceptors (Lipinski definition) is 4. The van der Waals surface area contributed by atoms with Crippen molar-refractivity contribution in [3.05, 3.63) is 17.5 Å². The van der Waals surface area contributed by atoms with E-state index in [0.717, 1.165) is 5.69 Å². The maximum Gasteiger partial charge on any atom is 0.306 e. The SMILES string of the molecule is Cc1cc(C(=O)N2CCO[C@@H](CC(=O)O)C2)nn1C(C)(C)C. The van der Waals surface area contributed by atoms with E-state index in [1.54, 1.807) is 11.0 Å². The van der Waals surface area contributed by atoms with Crippen LogP contribution in [0.15, 0.2) is 6.07 Å². The van der Waals surface area contributed by atoms with Crippen LogP contribution in [0.5, 0.6) is 0 Å². The molecule has 0 aromatic carbocycles. The van der Waals surface area contributed by atoms with Crippen molar-refractivity contribution in [1.29, 1.82) is 0 Å². The van der Waals surface area contributed by atoms with Crippen LogP contribution in [0.3, 0.4) is 0 Å². The molecule has 1 N–H and O–H groups in total. The molecule has 0 unspecified atom stereocenters. The van der Waals surface area contributed by atoms with Crippen LogP contribution in [0, 0.1) is 6.92 Å². The first kappa shape index (κ1) is 16.5. The zero-order valence-electron chi connectivity index (χ0n) is 13.5. The van der Waals surface area contributed by atoms with Crippen LogP contribution in [0.1, 0.15) is 43.4 Å². The summed E-state index contributed by atoms with van der Waals surface area (Å²) in [6, 6.07) is 1.77. The Balaban J connectivity index is 2.13. The molecule has 1 aromatic heterocycles. The third-order valence-electron chi connectivity index (χ3n) is 3.57. The summed E-state index contributed by atoms with van der Waals surface area (Å²) in [6.45, 7) is 9.09. The molecule has 1 amide bonds. The van der Waals surface area contributed by atoms with Crippen molar-refractivity contribution < 1.29 is 19.4 Å². The molecule has 22 heavy (non-hydrogen) atoms. The maximum atomic E-state index is 12.6. The molecule has 7 nitrogen and oxygen atoms in total. The van der Waals surface area contributed by atoms with Crippen molar-refractivity contribution in [2.45, 2.75) is 45.8 Å². The van der Waals surface area contributed by atoms with Gasteiger partial charge in [0.05, 0.1) is 24.7 Å². The lowest BCUT2D eigenvalue weighted by atomic mass is 10.1. The van der Waals surface area contributed by atoms with Gasteiger partial charge in [-0.05, 0) is 33.8 Å². The summed E-state index contributed by atoms with van der Waals surface area (Å²) >= 11 is 0. The number of ether oxygens (including phenoxy) is 1. The van der Waals surface area contributed by atoms with Crippen LogP contribution in [0.25, 0.3) is 0 Å². The topological polar surface area (TPSA) is 84.7 Å². The number of carboxylic acid groups (broad SMARTS) is 1. The molecule has 0 bridgehead atoms. The molecule has 0 aliphatic carbocycles. The molecule has 122 valence electrons. The van der Waals surface area contributed by atoms with E-state index in [2.05, 4.69) is 5.10 Å². The van der Waals surface area contributed by atoms with Crippen LogP contribution in [-0.2, 0) is 15.1 Å². The lowest BCUT2D eigenvalue weighted by molar-refractivity contribution is -0.141. The highest BCUT2D eigenvalue weighted by molar-refractivity contribution is 5.92. The molecule has 2 rings (SSSR count). The van der Waals surface area contributed by atoms with Gasteiger partial charge >= 0.3 is 5.97 Å². The Bertz CT molecular complexity index is 574. The van der Waals surface area contributed by atoms with Crippen molar-refractivity contribution in [2.75, 3.05) is 19.7 Å². The largest absolute Gasteiger partial charge is 0.481 e. The molecule has 7 heteroatoms. The molecule has 1 fully saturated rings. The summed E-state index contributed by atoms with van der Waals surface area (Å²) in [5.41, 5.74) is 1.12. The Morgan fingerprint density at radius 3 is 2.68 bits per heavy atom. The van der Waals surface area contributed by atoms with Crippen LogP contribution in [-0.4, -0.2) is 57.5 Å². The Labute approximate surface area is 129 Å². The van der Waals surface area contributed by atoms with E-state index in [1.165, 1.54) is 0 Å². The van der Waals surface area contributed by atoms with Gasteiger partial charge in [0, 0.05) is 18.8 Å². The van der Waals surface area contributed by atoms with Crippen molar-refractivity contribution in [1.82, 2.24) is 14.7 Å². The number of carbonyl (C=O) groups excluding carboxylic acids is 1. The van der Waals surface area contributed by atoms with Crippen molar-refractivity contribution in [3.8, 4) is 0 Å². The van der Waals surface area contributed by atoms with Gasteiger partial charge in [0.1, 0.15) is 0 Å². The molecule has 0 saturated carbocycles. The highest BCUT2D eigenvalue weighted by Crippen LogP contribution is 2.18. The molecule has 0 radical (unpaired) electrons. The van der Waals surface area contributed by atoms with Gasteiger partial charge in [-0.2, -0.15) is 5.10 Å². The van der Waals surface area contributed by atoms with Crippen molar-refractivity contribution in [3.63, 3.8) is 0 Å². The number of nitrogens with zero attached hydrogens (tertiary/aromatic N) is 3. The lowest BCUT2D eigenvalue weighted by Crippen LogP contribution is -2.46. The van der Waals surface area contributed by atoms with Gasteiger partial charge in [0.2, 0.25) is 0 Å². The van der Waals surface area contributed by atoms with E-state index in [4.69, 9.17) is 9.84 Å². The van der Waals surface area contributed by atoms with E-state index in [-0.39, 0.29) is 24.4 Å². The average Bonchev–Trinajstić information content (AvgIpc) is 2.79. The molecule has 1 aliphatic rings. The molecule has 1 aliphatic heterocycles. The second kappa shape index (κ2) is 6.08. The first-order chi connectivity index (χ1) is 10.2. The Morgan fingerprint density at radius 1 is 1.45 bits per heavy atom. The molecular formula is C15H23N3O4. The van der Waals surface area contributed by atoms with Crippen molar-refractivity contribution in [2.24, 2.45) is 0 Å². The Morgan fingerprint density at radius 2 is 2.14 bits per heavy atom. The van der Waals surface area contributed by atoms with Gasteiger partial charge < -0.3 is 14.7 Å². The maximum absolute atomic E-state index is 12.6. The van der Waals surface area contributed by atoms with E-state index in [0.29, 0.717) is 18.8 Å². The van der Waals surface area contributed by atoms with Crippen LogP contribution < -0.4 is 0 Å². The number of hydrogen-bond donors (Lipinski definition) is 1. The number of rotatable bonds is 3. The number of amides is 1. The predicted octanol–water partition coefficient (Wildman–Crippen LogP) is 1.26. The van der Waals surface area contributed by atoms with Gasteiger partial charge in [-0.3, -0.25) is 14.3 Å². The molecule has 0 spiro atoms. The van der Waals surface area contributed by atoms with E-state index < -0.39 is 12.1 Å². The van der Waals surface area contributed by atoms with Gasteiger partial charge in [0.15, 0.2) is 5.69 Å². The minimum Gasteiger partial charge on any atom is -0.481 e. The fourth-order valence-corrected chi connectivity index (χ4v) is 2.64. The molecule has 1 atom stereocenters. The van der Waals surface area contributed by atoms with E-state index in [9.17, 15) is 9.59 Å².